The Balaban J connectivity index is 2.04. The molecule has 1 unspecified atom stereocenters. The van der Waals surface area contributed by atoms with Crippen molar-refractivity contribution in [2.75, 3.05) is 13.7 Å². The number of rotatable bonds is 6. The molecule has 3 heteroatoms. The van der Waals surface area contributed by atoms with Gasteiger partial charge in [0.2, 0.25) is 0 Å². The predicted octanol–water partition coefficient (Wildman–Crippen LogP) is 4.06. The maximum absolute atomic E-state index is 6.12. The lowest BCUT2D eigenvalue weighted by Gasteiger charge is -2.13. The monoisotopic (exact) mass is 273 g/mol. The average molecular weight is 273 g/mol. The van der Waals surface area contributed by atoms with Crippen molar-refractivity contribution >= 4 is 11.0 Å². The van der Waals surface area contributed by atoms with E-state index in [-0.39, 0.29) is 0 Å². The molecule has 1 heterocycles. The van der Waals surface area contributed by atoms with Gasteiger partial charge in [-0.25, -0.2) is 0 Å². The SMILES string of the molecule is CCNC(c1cc2cc(CC)cc(OC)c2o1)C1CC1. The van der Waals surface area contributed by atoms with Gasteiger partial charge in [0.25, 0.3) is 0 Å². The van der Waals surface area contributed by atoms with Crippen LogP contribution in [0.15, 0.2) is 22.6 Å². The van der Waals surface area contributed by atoms with Crippen LogP contribution in [0.4, 0.5) is 0 Å². The van der Waals surface area contributed by atoms with E-state index in [1.165, 1.54) is 18.4 Å². The maximum Gasteiger partial charge on any atom is 0.176 e. The van der Waals surface area contributed by atoms with Gasteiger partial charge in [0.05, 0.1) is 13.2 Å². The molecule has 2 aromatic rings. The highest BCUT2D eigenvalue weighted by molar-refractivity contribution is 5.84. The number of benzene rings is 1. The van der Waals surface area contributed by atoms with Crippen molar-refractivity contribution in [3.8, 4) is 5.75 Å². The van der Waals surface area contributed by atoms with Crippen LogP contribution in [0.5, 0.6) is 5.75 Å². The highest BCUT2D eigenvalue weighted by Crippen LogP contribution is 2.43. The topological polar surface area (TPSA) is 34.4 Å². The standard InChI is InChI=1S/C17H23NO2/c1-4-11-8-13-10-14(16(18-5-2)12-6-7-12)20-17(13)15(9-11)19-3/h8-10,12,16,18H,4-7H2,1-3H3. The Morgan fingerprint density at radius 1 is 1.30 bits per heavy atom. The Morgan fingerprint density at radius 2 is 2.10 bits per heavy atom. The molecule has 1 aliphatic carbocycles. The number of ether oxygens (including phenoxy) is 1. The fraction of sp³-hybridized carbons (Fsp3) is 0.529. The van der Waals surface area contributed by atoms with Crippen LogP contribution in [0.2, 0.25) is 0 Å². The van der Waals surface area contributed by atoms with E-state index < -0.39 is 0 Å². The maximum atomic E-state index is 6.12. The molecule has 0 saturated heterocycles. The molecule has 0 amide bonds. The molecule has 0 bridgehead atoms. The molecule has 0 aliphatic heterocycles. The summed E-state index contributed by atoms with van der Waals surface area (Å²) in [5.41, 5.74) is 2.16. The predicted molar refractivity (Wildman–Crippen MR) is 81.3 cm³/mol. The number of hydrogen-bond donors (Lipinski definition) is 1. The molecule has 108 valence electrons. The normalized spacial score (nSPS) is 16.6. The second kappa shape index (κ2) is 5.49. The minimum atomic E-state index is 0.349. The third-order valence-corrected chi connectivity index (χ3v) is 4.11. The van der Waals surface area contributed by atoms with E-state index in [9.17, 15) is 0 Å². The van der Waals surface area contributed by atoms with Gasteiger partial charge in [0.1, 0.15) is 5.76 Å². The largest absolute Gasteiger partial charge is 0.493 e. The first-order chi connectivity index (χ1) is 9.76. The van der Waals surface area contributed by atoms with Crippen LogP contribution in [0.3, 0.4) is 0 Å². The van der Waals surface area contributed by atoms with E-state index in [0.29, 0.717) is 6.04 Å². The molecular weight excluding hydrogens is 250 g/mol. The molecular formula is C17H23NO2. The number of methoxy groups -OCH3 is 1. The van der Waals surface area contributed by atoms with Crippen molar-refractivity contribution in [3.05, 3.63) is 29.5 Å². The molecule has 1 N–H and O–H groups in total. The highest BCUT2D eigenvalue weighted by Gasteiger charge is 2.34. The van der Waals surface area contributed by atoms with E-state index >= 15 is 0 Å². The number of nitrogens with one attached hydrogen (secondary N) is 1. The lowest BCUT2D eigenvalue weighted by Crippen LogP contribution is -2.21. The van der Waals surface area contributed by atoms with Gasteiger partial charge in [-0.05, 0) is 55.5 Å². The first-order valence-electron chi connectivity index (χ1n) is 7.60. The van der Waals surface area contributed by atoms with Gasteiger partial charge in [-0.1, -0.05) is 13.8 Å². The minimum Gasteiger partial charge on any atom is -0.493 e. The Labute approximate surface area is 120 Å². The van der Waals surface area contributed by atoms with Gasteiger partial charge in [-0.2, -0.15) is 0 Å². The van der Waals surface area contributed by atoms with Gasteiger partial charge in [-0.3, -0.25) is 0 Å². The fourth-order valence-electron chi connectivity index (χ4n) is 2.86. The molecule has 0 spiro atoms. The summed E-state index contributed by atoms with van der Waals surface area (Å²) >= 11 is 0. The zero-order valence-electron chi connectivity index (χ0n) is 12.5. The first-order valence-corrected chi connectivity index (χ1v) is 7.60. The Morgan fingerprint density at radius 3 is 2.70 bits per heavy atom. The van der Waals surface area contributed by atoms with Gasteiger partial charge in [-0.15, -0.1) is 0 Å². The summed E-state index contributed by atoms with van der Waals surface area (Å²) in [7, 11) is 1.71. The average Bonchev–Trinajstić information content (AvgIpc) is 3.21. The Hall–Kier alpha value is -1.48. The summed E-state index contributed by atoms with van der Waals surface area (Å²) < 4.78 is 11.6. The Kier molecular flexibility index (Phi) is 3.70. The molecule has 1 saturated carbocycles. The van der Waals surface area contributed by atoms with E-state index in [4.69, 9.17) is 9.15 Å². The van der Waals surface area contributed by atoms with Crippen LogP contribution in [0, 0.1) is 5.92 Å². The summed E-state index contributed by atoms with van der Waals surface area (Å²) in [6.45, 7) is 5.27. The number of aryl methyl sites for hydroxylation is 1. The van der Waals surface area contributed by atoms with E-state index in [1.54, 1.807) is 7.11 Å². The zero-order valence-corrected chi connectivity index (χ0v) is 12.5. The summed E-state index contributed by atoms with van der Waals surface area (Å²) in [6, 6.07) is 6.82. The summed E-state index contributed by atoms with van der Waals surface area (Å²) in [4.78, 5) is 0. The van der Waals surface area contributed by atoms with E-state index in [2.05, 4.69) is 37.4 Å². The van der Waals surface area contributed by atoms with Gasteiger partial charge in [0.15, 0.2) is 11.3 Å². The quantitative estimate of drug-likeness (QED) is 0.861. The molecule has 20 heavy (non-hydrogen) atoms. The van der Waals surface area contributed by atoms with Crippen LogP contribution in [0.1, 0.15) is 44.1 Å². The third kappa shape index (κ3) is 2.42. The number of fused-ring (bicyclic) bond motifs is 1. The van der Waals surface area contributed by atoms with Crippen LogP contribution in [-0.2, 0) is 6.42 Å². The lowest BCUT2D eigenvalue weighted by atomic mass is 10.1. The molecule has 1 aromatic heterocycles. The Bertz CT molecular complexity index is 598. The molecule has 1 atom stereocenters. The minimum absolute atomic E-state index is 0.349. The van der Waals surface area contributed by atoms with Gasteiger partial charge < -0.3 is 14.5 Å². The number of furan rings is 1. The molecule has 3 rings (SSSR count). The summed E-state index contributed by atoms with van der Waals surface area (Å²) in [6.07, 6.45) is 3.60. The van der Waals surface area contributed by atoms with Gasteiger partial charge in [0, 0.05) is 5.39 Å². The van der Waals surface area contributed by atoms with Crippen LogP contribution >= 0.6 is 0 Å². The zero-order chi connectivity index (χ0) is 14.1. The van der Waals surface area contributed by atoms with Crippen molar-refractivity contribution in [2.24, 2.45) is 5.92 Å². The summed E-state index contributed by atoms with van der Waals surface area (Å²) in [5, 5.41) is 4.71. The van der Waals surface area contributed by atoms with Crippen molar-refractivity contribution in [2.45, 2.75) is 39.2 Å². The van der Waals surface area contributed by atoms with E-state index in [1.807, 2.05) is 0 Å². The molecule has 1 aromatic carbocycles. The highest BCUT2D eigenvalue weighted by atomic mass is 16.5. The van der Waals surface area contributed by atoms with Crippen LogP contribution < -0.4 is 10.1 Å². The molecule has 0 radical (unpaired) electrons. The number of hydrogen-bond acceptors (Lipinski definition) is 3. The second-order valence-electron chi connectivity index (χ2n) is 5.59. The smallest absolute Gasteiger partial charge is 0.176 e. The molecule has 1 fully saturated rings. The lowest BCUT2D eigenvalue weighted by molar-refractivity contribution is 0.384. The van der Waals surface area contributed by atoms with Crippen molar-refractivity contribution in [1.82, 2.24) is 5.32 Å². The second-order valence-corrected chi connectivity index (χ2v) is 5.59. The van der Waals surface area contributed by atoms with Crippen LogP contribution in [-0.4, -0.2) is 13.7 Å². The van der Waals surface area contributed by atoms with Crippen molar-refractivity contribution in [3.63, 3.8) is 0 Å². The van der Waals surface area contributed by atoms with Crippen molar-refractivity contribution < 1.29 is 9.15 Å². The fourth-order valence-corrected chi connectivity index (χ4v) is 2.86. The van der Waals surface area contributed by atoms with Crippen LogP contribution in [0.25, 0.3) is 11.0 Å². The molecule has 1 aliphatic rings. The third-order valence-electron chi connectivity index (χ3n) is 4.11. The van der Waals surface area contributed by atoms with Gasteiger partial charge >= 0.3 is 0 Å². The van der Waals surface area contributed by atoms with Crippen molar-refractivity contribution in [1.29, 1.82) is 0 Å². The molecule has 3 nitrogen and oxygen atoms in total. The summed E-state index contributed by atoms with van der Waals surface area (Å²) in [5.74, 6) is 2.62. The van der Waals surface area contributed by atoms with E-state index in [0.717, 1.165) is 41.4 Å². The first kappa shape index (κ1) is 13.5.